The Labute approximate surface area is 569 Å². The molecule has 0 radical (unpaired) electrons. The van der Waals surface area contributed by atoms with Crippen LogP contribution in [0.1, 0.15) is 0 Å². The van der Waals surface area contributed by atoms with Crippen molar-refractivity contribution in [2.45, 2.75) is 0 Å². The van der Waals surface area contributed by atoms with Gasteiger partial charge in [0.25, 0.3) is 0 Å². The van der Waals surface area contributed by atoms with E-state index in [1.807, 2.05) is 158 Å². The summed E-state index contributed by atoms with van der Waals surface area (Å²) < 4.78 is 7.65. The average molecular weight is 1320 g/mol. The van der Waals surface area contributed by atoms with Gasteiger partial charge in [0.05, 0.1) is 0 Å². The molecule has 0 fully saturated rings. The number of nitrogens with zero attached hydrogens (tertiary/aromatic N) is 10. The zero-order valence-corrected chi connectivity index (χ0v) is 55.1. The zero-order valence-electron chi connectivity index (χ0n) is 53.0. The summed E-state index contributed by atoms with van der Waals surface area (Å²) in [4.78, 5) is 47.6. The Hall–Kier alpha value is -12.8. The molecule has 0 atom stereocenters. The molecule has 4 heterocycles. The van der Waals surface area contributed by atoms with Crippen molar-refractivity contribution >= 4 is 52.7 Å². The third-order valence-corrected chi connectivity index (χ3v) is 28.1. The summed E-state index contributed by atoms with van der Waals surface area (Å²) in [5.74, 6) is 4.91. The van der Waals surface area contributed by atoms with E-state index < -0.39 is 13.3 Å². The van der Waals surface area contributed by atoms with Gasteiger partial charge in [-0.3, -0.25) is 0 Å². The molecule has 0 amide bonds. The van der Waals surface area contributed by atoms with Gasteiger partial charge in [0.2, 0.25) is 0 Å². The zero-order chi connectivity index (χ0) is 65.2. The van der Waals surface area contributed by atoms with Crippen molar-refractivity contribution in [3.05, 3.63) is 352 Å². The van der Waals surface area contributed by atoms with Gasteiger partial charge in [-0.1, -0.05) is 133 Å². The van der Waals surface area contributed by atoms with Crippen LogP contribution < -0.4 is 17.6 Å². The number of benzene rings is 13. The van der Waals surface area contributed by atoms with E-state index in [2.05, 4.69) is 199 Å². The van der Waals surface area contributed by atoms with E-state index in [4.69, 9.17) is 44.9 Å². The maximum atomic E-state index is 5.54. The van der Waals surface area contributed by atoms with Crippen molar-refractivity contribution in [2.24, 2.45) is 0 Å². The summed E-state index contributed by atoms with van der Waals surface area (Å²) >= 11 is -3.77. The van der Waals surface area contributed by atoms with Gasteiger partial charge in [-0.25, -0.2) is 29.9 Å². The second-order valence-corrected chi connectivity index (χ2v) is 32.1. The maximum absolute atomic E-state index is 5.54. The van der Waals surface area contributed by atoms with Gasteiger partial charge in [0.15, 0.2) is 23.3 Å². The van der Waals surface area contributed by atoms with E-state index in [-0.39, 0.29) is 0 Å². The molecule has 0 unspecified atom stereocenters. The van der Waals surface area contributed by atoms with Crippen LogP contribution in [0.4, 0.5) is 0 Å². The van der Waals surface area contributed by atoms with Crippen LogP contribution in [-0.2, 0) is 0 Å². The van der Waals surface area contributed by atoms with Gasteiger partial charge in [-0.2, -0.15) is 0 Å². The minimum absolute atomic E-state index is 0.493. The summed E-state index contributed by atoms with van der Waals surface area (Å²) in [5.41, 5.74) is 12.3. The van der Waals surface area contributed by atoms with Crippen molar-refractivity contribution in [2.75, 3.05) is 0 Å². The van der Waals surface area contributed by atoms with Crippen molar-refractivity contribution in [1.29, 1.82) is 0 Å². The first-order valence-electron chi connectivity index (χ1n) is 32.7. The molecule has 460 valence electrons. The Kier molecular flexibility index (Phi) is 15.6. The quantitative estimate of drug-likeness (QED) is 0.0924. The first kappa shape index (κ1) is 59.0. The summed E-state index contributed by atoms with van der Waals surface area (Å²) in [6.45, 7) is 0. The fourth-order valence-electron chi connectivity index (χ4n) is 13.4. The Morgan fingerprint density at radius 3 is 0.765 bits per heavy atom. The topological polar surface area (TPSA) is 121 Å². The largest absolute Gasteiger partial charge is 0.208 e. The fraction of sp³-hybridized carbons (Fsp3) is 0. The van der Waals surface area contributed by atoms with Crippen molar-refractivity contribution in [3.8, 4) is 119 Å². The average Bonchev–Trinajstić information content (AvgIpc) is 1.18. The monoisotopic (exact) mass is 1320 g/mol. The van der Waals surface area contributed by atoms with Crippen LogP contribution in [0.3, 0.4) is 0 Å². The Morgan fingerprint density at radius 2 is 0.439 bits per heavy atom. The molecule has 17 rings (SSSR count). The second-order valence-electron chi connectivity index (χ2n) is 24.1. The van der Waals surface area contributed by atoms with Crippen molar-refractivity contribution in [1.82, 2.24) is 49.4 Å². The Balaban J connectivity index is 0.953. The molecular weight excluding hydrogens is 1260 g/mol. The molecule has 0 bridgehead atoms. The predicted octanol–water partition coefficient (Wildman–Crippen LogP) is 17.4. The van der Waals surface area contributed by atoms with E-state index in [0.29, 0.717) is 52.4 Å². The summed E-state index contributed by atoms with van der Waals surface area (Å²) in [7, 11) is 0. The third-order valence-electron chi connectivity index (χ3n) is 18.1. The molecule has 0 saturated carbocycles. The number of hydrogen-bond donors (Lipinski definition) is 0. The summed E-state index contributed by atoms with van der Waals surface area (Å²) in [5, 5.41) is 2.00. The SMILES string of the molecule is c1ccc(-c2nc(-c3ccccc3)nc(-c3ccc4c5ccc(-c6nc(-c7ccccc7)nc(-c7ccccc7)n6)cc5n(-c5ccc(-c6ccc[c]([Ge]([c]7ccccc7)([c]7ccccc7)[c]7ccccc7)c6)cc5-c5nc(-c6ccccc6)nc(-c6ccccc6)n5)c4c3)n2)cc1. The number of hydrogen-bond acceptors (Lipinski definition) is 9. The molecule has 0 saturated heterocycles. The summed E-state index contributed by atoms with van der Waals surface area (Å²) in [6.07, 6.45) is 0. The summed E-state index contributed by atoms with van der Waals surface area (Å²) in [6, 6.07) is 123. The molecule has 0 N–H and O–H groups in total. The van der Waals surface area contributed by atoms with E-state index >= 15 is 0 Å². The molecule has 0 aliphatic rings. The predicted molar refractivity (Wildman–Crippen MR) is 399 cm³/mol. The van der Waals surface area contributed by atoms with Gasteiger partial charge < -0.3 is 0 Å². The van der Waals surface area contributed by atoms with Crippen LogP contribution in [-0.4, -0.2) is 62.7 Å². The molecule has 10 nitrogen and oxygen atoms in total. The van der Waals surface area contributed by atoms with Gasteiger partial charge in [0, 0.05) is 22.3 Å². The van der Waals surface area contributed by atoms with Crippen molar-refractivity contribution in [3.63, 3.8) is 0 Å². The van der Waals surface area contributed by atoms with Gasteiger partial charge in [-0.05, 0) is 0 Å². The van der Waals surface area contributed by atoms with Gasteiger partial charge in [-0.15, -0.1) is 0 Å². The maximum Gasteiger partial charge on any atom is -0.0512 e. The smallest absolute Gasteiger partial charge is 0.0512 e. The normalized spacial score (nSPS) is 11.5. The van der Waals surface area contributed by atoms with E-state index in [9.17, 15) is 0 Å². The fourth-order valence-corrected chi connectivity index (χ4v) is 23.5. The van der Waals surface area contributed by atoms with E-state index in [1.54, 1.807) is 0 Å². The molecule has 11 heteroatoms. The van der Waals surface area contributed by atoms with Crippen molar-refractivity contribution < 1.29 is 0 Å². The number of aromatic nitrogens is 10. The first-order valence-corrected chi connectivity index (χ1v) is 36.9. The molecular formula is C87H58GeN10. The first-order chi connectivity index (χ1) is 48.6. The van der Waals surface area contributed by atoms with Crippen LogP contribution in [0.2, 0.25) is 0 Å². The van der Waals surface area contributed by atoms with Crippen LogP contribution in [0.15, 0.2) is 352 Å². The molecule has 0 aliphatic heterocycles. The number of rotatable bonds is 15. The molecule has 0 spiro atoms. The van der Waals surface area contributed by atoms with Gasteiger partial charge >= 0.3 is 364 Å². The molecule has 0 aliphatic carbocycles. The standard InChI is InChI=1S/C87H58GeN10/c1-10-29-59(30-11-1)79-89-80(60-31-12-2-13-32-60)93-85(92-79)67-49-52-73-74-53-50-68(86-94-81(61-33-14-3-15-34-61)90-82(95-86)62-35-16-4-17-36-62)58-78(74)98(77(73)57-67)76-54-51-66(56-75(76)87-96-83(63-37-18-5-19-38-63)91-84(97-87)64-39-20-6-21-40-64)65-41-28-48-72(55-65)88(69-42-22-7-23-43-69,70-44-24-8-25-45-70)71-46-26-9-27-47-71/h1-58H. The van der Waals surface area contributed by atoms with E-state index in [0.717, 1.165) is 88.7 Å². The van der Waals surface area contributed by atoms with Crippen LogP contribution in [0, 0.1) is 0 Å². The molecule has 4 aromatic heterocycles. The Bertz CT molecular complexity index is 5260. The molecule has 98 heavy (non-hydrogen) atoms. The van der Waals surface area contributed by atoms with Crippen LogP contribution in [0.25, 0.3) is 141 Å². The molecule has 13 aromatic carbocycles. The van der Waals surface area contributed by atoms with Gasteiger partial charge in [0.1, 0.15) is 0 Å². The minimum atomic E-state index is -3.77. The molecule has 17 aromatic rings. The number of fused-ring (bicyclic) bond motifs is 3. The Morgan fingerprint density at radius 1 is 0.184 bits per heavy atom. The minimum Gasteiger partial charge on any atom is -0.208 e. The van der Waals surface area contributed by atoms with Crippen LogP contribution >= 0.6 is 0 Å². The second kappa shape index (κ2) is 25.9. The van der Waals surface area contributed by atoms with Crippen LogP contribution in [0.5, 0.6) is 0 Å². The third kappa shape index (κ3) is 11.2. The van der Waals surface area contributed by atoms with E-state index in [1.165, 1.54) is 17.6 Å².